The Morgan fingerprint density at radius 2 is 2.50 bits per heavy atom. The first-order valence-electron chi connectivity index (χ1n) is 3.13. The van der Waals surface area contributed by atoms with Crippen LogP contribution < -0.4 is 0 Å². The van der Waals surface area contributed by atoms with Crippen LogP contribution >= 0.6 is 22.6 Å². The van der Waals surface area contributed by atoms with E-state index in [9.17, 15) is 0 Å². The second-order valence-electron chi connectivity index (χ2n) is 2.53. The van der Waals surface area contributed by atoms with Crippen molar-refractivity contribution in [2.75, 3.05) is 0 Å². The summed E-state index contributed by atoms with van der Waals surface area (Å²) < 4.78 is 1.56. The first kappa shape index (κ1) is 6.59. The quantitative estimate of drug-likeness (QED) is 0.552. The number of halogens is 1. The molecule has 1 aliphatic rings. The van der Waals surface area contributed by atoms with E-state index in [0.717, 1.165) is 5.92 Å². The van der Waals surface area contributed by atoms with Gasteiger partial charge >= 0.3 is 0 Å². The van der Waals surface area contributed by atoms with E-state index in [-0.39, 0.29) is 0 Å². The molecule has 0 aromatic carbocycles. The molecule has 0 bridgehead atoms. The second kappa shape index (κ2) is 2.85. The van der Waals surface area contributed by atoms with E-state index in [1.807, 2.05) is 0 Å². The van der Waals surface area contributed by atoms with Crippen molar-refractivity contribution in [2.45, 2.75) is 26.2 Å². The molecule has 0 heterocycles. The fourth-order valence-electron chi connectivity index (χ4n) is 0.933. The Morgan fingerprint density at radius 3 is 2.88 bits per heavy atom. The standard InChI is InChI=1S/C7H11I/c1-6-2-4-7(8)5-3-6/h4,6H,2-3,5H2,1H3. The van der Waals surface area contributed by atoms with Crippen LogP contribution in [0.1, 0.15) is 26.2 Å². The minimum absolute atomic E-state index is 0.938. The topological polar surface area (TPSA) is 0 Å². The van der Waals surface area contributed by atoms with Crippen LogP contribution in [-0.4, -0.2) is 0 Å². The molecule has 0 N–H and O–H groups in total. The zero-order valence-corrected chi connectivity index (χ0v) is 7.31. The highest BCUT2D eigenvalue weighted by Crippen LogP contribution is 2.26. The molecule has 0 spiro atoms. The Bertz CT molecular complexity index is 105. The summed E-state index contributed by atoms with van der Waals surface area (Å²) in [4.78, 5) is 0. The van der Waals surface area contributed by atoms with Crippen molar-refractivity contribution < 1.29 is 0 Å². The lowest BCUT2D eigenvalue weighted by Gasteiger charge is -2.13. The maximum atomic E-state index is 2.43. The Kier molecular flexibility index (Phi) is 2.35. The summed E-state index contributed by atoms with van der Waals surface area (Å²) in [6.07, 6.45) is 6.38. The van der Waals surface area contributed by atoms with Crippen molar-refractivity contribution in [1.82, 2.24) is 0 Å². The third-order valence-electron chi connectivity index (χ3n) is 1.62. The monoisotopic (exact) mass is 222 g/mol. The van der Waals surface area contributed by atoms with Crippen LogP contribution in [0.4, 0.5) is 0 Å². The fourth-order valence-corrected chi connectivity index (χ4v) is 1.50. The van der Waals surface area contributed by atoms with Gasteiger partial charge in [0, 0.05) is 0 Å². The van der Waals surface area contributed by atoms with Crippen molar-refractivity contribution >= 4 is 22.6 Å². The van der Waals surface area contributed by atoms with E-state index in [2.05, 4.69) is 35.6 Å². The average Bonchev–Trinajstić information content (AvgIpc) is 1.77. The molecule has 0 saturated carbocycles. The first-order chi connectivity index (χ1) is 3.79. The van der Waals surface area contributed by atoms with Gasteiger partial charge in [0.1, 0.15) is 0 Å². The minimum Gasteiger partial charge on any atom is -0.0750 e. The summed E-state index contributed by atoms with van der Waals surface area (Å²) in [5.74, 6) is 0.938. The lowest BCUT2D eigenvalue weighted by molar-refractivity contribution is 0.525. The largest absolute Gasteiger partial charge is 0.0750 e. The molecule has 0 aromatic heterocycles. The molecule has 46 valence electrons. The van der Waals surface area contributed by atoms with Gasteiger partial charge in [0.15, 0.2) is 0 Å². The minimum atomic E-state index is 0.938. The van der Waals surface area contributed by atoms with Gasteiger partial charge in [0.2, 0.25) is 0 Å². The van der Waals surface area contributed by atoms with Gasteiger partial charge in [-0.3, -0.25) is 0 Å². The maximum absolute atomic E-state index is 2.43. The van der Waals surface area contributed by atoms with Crippen molar-refractivity contribution in [3.63, 3.8) is 0 Å². The van der Waals surface area contributed by atoms with Crippen molar-refractivity contribution in [3.8, 4) is 0 Å². The molecule has 0 radical (unpaired) electrons. The summed E-state index contributed by atoms with van der Waals surface area (Å²) >= 11 is 2.43. The fraction of sp³-hybridized carbons (Fsp3) is 0.714. The van der Waals surface area contributed by atoms with E-state index in [1.165, 1.54) is 19.3 Å². The second-order valence-corrected chi connectivity index (χ2v) is 3.92. The molecular formula is C7H11I. The van der Waals surface area contributed by atoms with Gasteiger partial charge in [-0.15, -0.1) is 0 Å². The van der Waals surface area contributed by atoms with E-state index in [0.29, 0.717) is 0 Å². The molecule has 8 heavy (non-hydrogen) atoms. The van der Waals surface area contributed by atoms with E-state index >= 15 is 0 Å². The van der Waals surface area contributed by atoms with Crippen LogP contribution in [0.15, 0.2) is 9.66 Å². The number of allylic oxidation sites excluding steroid dienone is 2. The average molecular weight is 222 g/mol. The summed E-state index contributed by atoms with van der Waals surface area (Å²) in [5, 5.41) is 0. The molecule has 1 rings (SSSR count). The van der Waals surface area contributed by atoms with Gasteiger partial charge in [-0.05, 0) is 51.4 Å². The molecule has 1 unspecified atom stereocenters. The molecule has 1 atom stereocenters. The SMILES string of the molecule is CC1CC=C(I)CC1. The zero-order chi connectivity index (χ0) is 5.98. The van der Waals surface area contributed by atoms with E-state index < -0.39 is 0 Å². The van der Waals surface area contributed by atoms with Gasteiger partial charge in [0.05, 0.1) is 0 Å². The van der Waals surface area contributed by atoms with E-state index in [1.54, 1.807) is 3.58 Å². The van der Waals surface area contributed by atoms with Crippen molar-refractivity contribution in [1.29, 1.82) is 0 Å². The molecule has 0 aromatic rings. The summed E-state index contributed by atoms with van der Waals surface area (Å²) in [6, 6.07) is 0. The van der Waals surface area contributed by atoms with Crippen LogP contribution in [0.2, 0.25) is 0 Å². The van der Waals surface area contributed by atoms with Gasteiger partial charge in [-0.1, -0.05) is 13.0 Å². The number of rotatable bonds is 0. The number of hydrogen-bond donors (Lipinski definition) is 0. The van der Waals surface area contributed by atoms with Gasteiger partial charge in [-0.25, -0.2) is 0 Å². The summed E-state index contributed by atoms with van der Waals surface area (Å²) in [5.41, 5.74) is 0. The van der Waals surface area contributed by atoms with Crippen LogP contribution in [0.5, 0.6) is 0 Å². The van der Waals surface area contributed by atoms with Gasteiger partial charge in [-0.2, -0.15) is 0 Å². The van der Waals surface area contributed by atoms with Gasteiger partial charge in [0.25, 0.3) is 0 Å². The van der Waals surface area contributed by atoms with E-state index in [4.69, 9.17) is 0 Å². The highest BCUT2D eigenvalue weighted by molar-refractivity contribution is 14.1. The third-order valence-corrected chi connectivity index (χ3v) is 2.60. The highest BCUT2D eigenvalue weighted by atomic mass is 127. The van der Waals surface area contributed by atoms with Crippen molar-refractivity contribution in [3.05, 3.63) is 9.66 Å². The highest BCUT2D eigenvalue weighted by Gasteiger charge is 2.06. The third kappa shape index (κ3) is 1.77. The Hall–Kier alpha value is 0.470. The van der Waals surface area contributed by atoms with Crippen LogP contribution in [0.25, 0.3) is 0 Å². The maximum Gasteiger partial charge on any atom is -0.0134 e. The predicted molar refractivity (Wildman–Crippen MR) is 45.1 cm³/mol. The predicted octanol–water partition coefficient (Wildman–Crippen LogP) is 3.13. The molecular weight excluding hydrogens is 211 g/mol. The smallest absolute Gasteiger partial charge is 0.0134 e. The van der Waals surface area contributed by atoms with Crippen molar-refractivity contribution in [2.24, 2.45) is 5.92 Å². The molecule has 0 saturated heterocycles. The van der Waals surface area contributed by atoms with Crippen LogP contribution in [-0.2, 0) is 0 Å². The zero-order valence-electron chi connectivity index (χ0n) is 5.15. The molecule has 0 fully saturated rings. The Morgan fingerprint density at radius 1 is 1.75 bits per heavy atom. The number of hydrogen-bond acceptors (Lipinski definition) is 0. The molecule has 0 aliphatic heterocycles. The molecule has 1 aliphatic carbocycles. The van der Waals surface area contributed by atoms with Gasteiger partial charge < -0.3 is 0 Å². The lowest BCUT2D eigenvalue weighted by Crippen LogP contribution is -1.97. The summed E-state index contributed by atoms with van der Waals surface area (Å²) in [6.45, 7) is 2.32. The normalized spacial score (nSPS) is 29.8. The molecule has 0 amide bonds. The van der Waals surface area contributed by atoms with Crippen LogP contribution in [0, 0.1) is 5.92 Å². The first-order valence-corrected chi connectivity index (χ1v) is 4.21. The molecule has 0 nitrogen and oxygen atoms in total. The summed E-state index contributed by atoms with van der Waals surface area (Å²) in [7, 11) is 0. The van der Waals surface area contributed by atoms with Crippen LogP contribution in [0.3, 0.4) is 0 Å². The molecule has 1 heteroatoms. The lowest BCUT2D eigenvalue weighted by atomic mass is 9.97. The Balaban J connectivity index is 2.42. The Labute approximate surface area is 64.5 Å².